The number of aliphatic hydroxyl groups excluding tert-OH is 1. The first-order valence-corrected chi connectivity index (χ1v) is 9.61. The van der Waals surface area contributed by atoms with Crippen LogP contribution >= 0.6 is 0 Å². The van der Waals surface area contributed by atoms with Crippen molar-refractivity contribution in [2.75, 3.05) is 13.1 Å². The lowest BCUT2D eigenvalue weighted by Crippen LogP contribution is -2.41. The van der Waals surface area contributed by atoms with Crippen LogP contribution in [0.5, 0.6) is 0 Å². The van der Waals surface area contributed by atoms with E-state index in [-0.39, 0.29) is 18.1 Å². The predicted molar refractivity (Wildman–Crippen MR) is 101 cm³/mol. The first-order chi connectivity index (χ1) is 12.4. The normalized spacial score (nSPS) is 28.6. The smallest absolute Gasteiger partial charge is 0.317 e. The molecular formula is C20H28N4O2. The molecule has 2 heterocycles. The van der Waals surface area contributed by atoms with Crippen LogP contribution in [0.15, 0.2) is 24.3 Å². The van der Waals surface area contributed by atoms with Crippen molar-refractivity contribution in [1.82, 2.24) is 19.8 Å². The van der Waals surface area contributed by atoms with Gasteiger partial charge in [-0.1, -0.05) is 12.1 Å². The number of imidazole rings is 1. The van der Waals surface area contributed by atoms with E-state index in [9.17, 15) is 9.90 Å². The average molecular weight is 356 g/mol. The molecule has 2 fully saturated rings. The SMILES string of the molecule is Cc1nc2ccccc2n1[C@H]1C[C@H]2CN(C(=O)NC(C)C)C[C@H]2C[C@@H]1O. The third-order valence-corrected chi connectivity index (χ3v) is 5.91. The van der Waals surface area contributed by atoms with E-state index in [2.05, 4.69) is 20.9 Å². The van der Waals surface area contributed by atoms with Crippen LogP contribution in [-0.2, 0) is 0 Å². The molecule has 1 saturated carbocycles. The van der Waals surface area contributed by atoms with E-state index in [0.29, 0.717) is 11.8 Å². The lowest BCUT2D eigenvalue weighted by atomic mass is 9.77. The Bertz CT molecular complexity index is 815. The van der Waals surface area contributed by atoms with Gasteiger partial charge in [0.15, 0.2) is 0 Å². The third kappa shape index (κ3) is 2.96. The lowest BCUT2D eigenvalue weighted by molar-refractivity contribution is 0.0366. The number of rotatable bonds is 2. The van der Waals surface area contributed by atoms with Crippen molar-refractivity contribution in [3.8, 4) is 0 Å². The summed E-state index contributed by atoms with van der Waals surface area (Å²) in [5, 5.41) is 13.9. The molecule has 1 aliphatic carbocycles. The zero-order valence-corrected chi connectivity index (χ0v) is 15.7. The van der Waals surface area contributed by atoms with Crippen molar-refractivity contribution in [2.45, 2.75) is 51.8 Å². The zero-order chi connectivity index (χ0) is 18.4. The number of likely N-dealkylation sites (tertiary alicyclic amines) is 1. The molecular weight excluding hydrogens is 328 g/mol. The highest BCUT2D eigenvalue weighted by atomic mass is 16.3. The van der Waals surface area contributed by atoms with Gasteiger partial charge in [0, 0.05) is 19.1 Å². The molecule has 0 radical (unpaired) electrons. The molecule has 0 unspecified atom stereocenters. The fraction of sp³-hybridized carbons (Fsp3) is 0.600. The standard InChI is InChI=1S/C20H28N4O2/c1-12(2)21-20(26)23-10-14-8-18(19(25)9-15(14)11-23)24-13(3)22-16-6-4-5-7-17(16)24/h4-7,12,14-15,18-19,25H,8-11H2,1-3H3,(H,21,26)/t14-,15+,18-,19-/m0/s1. The van der Waals surface area contributed by atoms with Crippen LogP contribution in [0.25, 0.3) is 11.0 Å². The van der Waals surface area contributed by atoms with E-state index in [1.165, 1.54) is 0 Å². The number of nitrogens with zero attached hydrogens (tertiary/aromatic N) is 3. The fourth-order valence-electron chi connectivity index (χ4n) is 4.77. The minimum atomic E-state index is -0.402. The number of urea groups is 1. The largest absolute Gasteiger partial charge is 0.391 e. The van der Waals surface area contributed by atoms with Gasteiger partial charge in [-0.2, -0.15) is 0 Å². The molecule has 2 aromatic rings. The summed E-state index contributed by atoms with van der Waals surface area (Å²) >= 11 is 0. The Kier molecular flexibility index (Phi) is 4.39. The number of hydrogen-bond acceptors (Lipinski definition) is 3. The van der Waals surface area contributed by atoms with Crippen LogP contribution in [0, 0.1) is 18.8 Å². The van der Waals surface area contributed by atoms with E-state index >= 15 is 0 Å². The molecule has 2 N–H and O–H groups in total. The molecule has 2 aliphatic rings. The van der Waals surface area contributed by atoms with Crippen molar-refractivity contribution < 1.29 is 9.90 Å². The summed E-state index contributed by atoms with van der Waals surface area (Å²) in [5.41, 5.74) is 2.06. The summed E-state index contributed by atoms with van der Waals surface area (Å²) in [4.78, 5) is 18.9. The predicted octanol–water partition coefficient (Wildman–Crippen LogP) is 2.71. The molecule has 2 amide bonds. The summed E-state index contributed by atoms with van der Waals surface area (Å²) in [6.07, 6.45) is 1.23. The second-order valence-electron chi connectivity index (χ2n) is 8.15. The molecule has 6 nitrogen and oxygen atoms in total. The number of carbonyl (C=O) groups is 1. The van der Waals surface area contributed by atoms with Crippen LogP contribution in [0.2, 0.25) is 0 Å². The number of para-hydroxylation sites is 2. The number of aliphatic hydroxyl groups is 1. The number of carbonyl (C=O) groups excluding carboxylic acids is 1. The number of aromatic nitrogens is 2. The summed E-state index contributed by atoms with van der Waals surface area (Å²) in [5.74, 6) is 1.76. The maximum absolute atomic E-state index is 12.4. The summed E-state index contributed by atoms with van der Waals surface area (Å²) in [7, 11) is 0. The molecule has 140 valence electrons. The topological polar surface area (TPSA) is 70.4 Å². The summed E-state index contributed by atoms with van der Waals surface area (Å²) in [6.45, 7) is 7.49. The molecule has 1 aromatic heterocycles. The molecule has 6 heteroatoms. The van der Waals surface area contributed by atoms with Crippen LogP contribution < -0.4 is 5.32 Å². The van der Waals surface area contributed by atoms with Gasteiger partial charge >= 0.3 is 6.03 Å². The Morgan fingerprint density at radius 2 is 1.92 bits per heavy atom. The third-order valence-electron chi connectivity index (χ3n) is 5.91. The molecule has 4 atom stereocenters. The number of fused-ring (bicyclic) bond motifs is 2. The minimum absolute atomic E-state index is 0.0182. The Hall–Kier alpha value is -2.08. The van der Waals surface area contributed by atoms with Crippen LogP contribution in [0.4, 0.5) is 4.79 Å². The second-order valence-corrected chi connectivity index (χ2v) is 8.15. The highest BCUT2D eigenvalue weighted by Gasteiger charge is 2.44. The van der Waals surface area contributed by atoms with E-state index < -0.39 is 6.10 Å². The van der Waals surface area contributed by atoms with Crippen LogP contribution in [0.1, 0.15) is 38.6 Å². The molecule has 0 spiro atoms. The molecule has 1 aromatic carbocycles. The molecule has 26 heavy (non-hydrogen) atoms. The van der Waals surface area contributed by atoms with Gasteiger partial charge in [0.25, 0.3) is 0 Å². The van der Waals surface area contributed by atoms with Crippen molar-refractivity contribution in [3.05, 3.63) is 30.1 Å². The van der Waals surface area contributed by atoms with Gasteiger partial charge in [-0.25, -0.2) is 9.78 Å². The van der Waals surface area contributed by atoms with Crippen LogP contribution in [0.3, 0.4) is 0 Å². The zero-order valence-electron chi connectivity index (χ0n) is 15.7. The number of amides is 2. The highest BCUT2D eigenvalue weighted by Crippen LogP contribution is 2.42. The Balaban J connectivity index is 1.56. The van der Waals surface area contributed by atoms with E-state index in [1.807, 2.05) is 43.9 Å². The fourth-order valence-corrected chi connectivity index (χ4v) is 4.77. The Labute approximate surface area is 154 Å². The molecule has 1 saturated heterocycles. The first-order valence-electron chi connectivity index (χ1n) is 9.61. The van der Waals surface area contributed by atoms with E-state index in [1.54, 1.807) is 0 Å². The number of hydrogen-bond donors (Lipinski definition) is 2. The number of benzene rings is 1. The van der Waals surface area contributed by atoms with E-state index in [4.69, 9.17) is 0 Å². The highest BCUT2D eigenvalue weighted by molar-refractivity contribution is 5.76. The second kappa shape index (κ2) is 6.58. The van der Waals surface area contributed by atoms with Gasteiger partial charge in [-0.3, -0.25) is 0 Å². The van der Waals surface area contributed by atoms with Crippen molar-refractivity contribution in [1.29, 1.82) is 0 Å². The summed E-state index contributed by atoms with van der Waals surface area (Å²) < 4.78 is 2.20. The van der Waals surface area contributed by atoms with Crippen molar-refractivity contribution >= 4 is 17.1 Å². The quantitative estimate of drug-likeness (QED) is 0.869. The number of aryl methyl sites for hydroxylation is 1. The van der Waals surface area contributed by atoms with Gasteiger partial charge in [-0.15, -0.1) is 0 Å². The lowest BCUT2D eigenvalue weighted by Gasteiger charge is -2.36. The number of nitrogens with one attached hydrogen (secondary N) is 1. The van der Waals surface area contributed by atoms with Gasteiger partial charge < -0.3 is 19.9 Å². The first kappa shape index (κ1) is 17.3. The molecule has 1 aliphatic heterocycles. The van der Waals surface area contributed by atoms with Crippen LogP contribution in [-0.4, -0.2) is 50.8 Å². The van der Waals surface area contributed by atoms with Crippen molar-refractivity contribution in [2.24, 2.45) is 11.8 Å². The van der Waals surface area contributed by atoms with Gasteiger partial charge in [0.2, 0.25) is 0 Å². The monoisotopic (exact) mass is 356 g/mol. The van der Waals surface area contributed by atoms with E-state index in [0.717, 1.165) is 42.8 Å². The minimum Gasteiger partial charge on any atom is -0.391 e. The average Bonchev–Trinajstić information content (AvgIpc) is 3.13. The molecule has 0 bridgehead atoms. The summed E-state index contributed by atoms with van der Waals surface area (Å²) in [6, 6.07) is 8.29. The van der Waals surface area contributed by atoms with Crippen molar-refractivity contribution in [3.63, 3.8) is 0 Å². The van der Waals surface area contributed by atoms with Gasteiger partial charge in [0.1, 0.15) is 5.82 Å². The maximum atomic E-state index is 12.4. The Morgan fingerprint density at radius 1 is 1.23 bits per heavy atom. The maximum Gasteiger partial charge on any atom is 0.317 e. The molecule has 4 rings (SSSR count). The van der Waals surface area contributed by atoms with Gasteiger partial charge in [-0.05, 0) is 57.6 Å². The Morgan fingerprint density at radius 3 is 2.65 bits per heavy atom. The van der Waals surface area contributed by atoms with Gasteiger partial charge in [0.05, 0.1) is 23.2 Å².